The highest BCUT2D eigenvalue weighted by Gasteiger charge is 2.00. The van der Waals surface area contributed by atoms with Gasteiger partial charge >= 0.3 is 0 Å². The van der Waals surface area contributed by atoms with Crippen molar-refractivity contribution in [2.24, 2.45) is 0 Å². The Bertz CT molecular complexity index is 76.0. The molecule has 1 N–H and O–H groups in total. The van der Waals surface area contributed by atoms with Gasteiger partial charge in [0.15, 0.2) is 0 Å². The number of rotatable bonds is 7. The van der Waals surface area contributed by atoms with Crippen LogP contribution < -0.4 is 0 Å². The van der Waals surface area contributed by atoms with Crippen molar-refractivity contribution in [3.63, 3.8) is 0 Å². The number of alkyl halides is 1. The SMILES string of the molecule is CCCCCCCC(Cl)CO. The summed E-state index contributed by atoms with van der Waals surface area (Å²) in [4.78, 5) is 0. The standard InChI is InChI=1S/C9H19ClO/c1-2-3-4-5-6-7-9(10)8-11/h9,11H,2-8H2,1H3. The Hall–Kier alpha value is 0.250. The lowest BCUT2D eigenvalue weighted by atomic mass is 10.1. The first-order chi connectivity index (χ1) is 5.31. The molecule has 1 nitrogen and oxygen atoms in total. The highest BCUT2D eigenvalue weighted by atomic mass is 35.5. The molecule has 11 heavy (non-hydrogen) atoms. The molecule has 0 saturated carbocycles. The molecule has 0 saturated heterocycles. The third-order valence-corrected chi connectivity index (χ3v) is 2.18. The Morgan fingerprint density at radius 2 is 1.82 bits per heavy atom. The van der Waals surface area contributed by atoms with Crippen LogP contribution in [0.25, 0.3) is 0 Å². The minimum atomic E-state index is -0.0170. The molecular formula is C9H19ClO. The van der Waals surface area contributed by atoms with Crippen molar-refractivity contribution in [1.82, 2.24) is 0 Å². The predicted octanol–water partition coefficient (Wildman–Crippen LogP) is 2.95. The average Bonchev–Trinajstić information content (AvgIpc) is 2.04. The maximum absolute atomic E-state index is 8.61. The van der Waals surface area contributed by atoms with E-state index in [0.29, 0.717) is 0 Å². The maximum Gasteiger partial charge on any atom is 0.0595 e. The Labute approximate surface area is 74.8 Å². The van der Waals surface area contributed by atoms with Crippen LogP contribution in [0.5, 0.6) is 0 Å². The predicted molar refractivity (Wildman–Crippen MR) is 50.1 cm³/mol. The Balaban J connectivity index is 2.89. The van der Waals surface area contributed by atoms with Gasteiger partial charge in [-0.3, -0.25) is 0 Å². The number of aliphatic hydroxyl groups excluding tert-OH is 1. The van der Waals surface area contributed by atoms with E-state index in [9.17, 15) is 0 Å². The van der Waals surface area contributed by atoms with Gasteiger partial charge in [0.05, 0.1) is 12.0 Å². The fourth-order valence-corrected chi connectivity index (χ4v) is 1.21. The van der Waals surface area contributed by atoms with Crippen LogP contribution in [-0.2, 0) is 0 Å². The van der Waals surface area contributed by atoms with Gasteiger partial charge in [-0.2, -0.15) is 0 Å². The van der Waals surface area contributed by atoms with Gasteiger partial charge in [0.25, 0.3) is 0 Å². The van der Waals surface area contributed by atoms with Crippen molar-refractivity contribution in [2.75, 3.05) is 6.61 Å². The third kappa shape index (κ3) is 8.15. The minimum absolute atomic E-state index is 0.0170. The molecule has 0 aromatic heterocycles. The zero-order valence-electron chi connectivity index (χ0n) is 7.35. The van der Waals surface area contributed by atoms with Gasteiger partial charge in [0.1, 0.15) is 0 Å². The highest BCUT2D eigenvalue weighted by molar-refractivity contribution is 6.20. The van der Waals surface area contributed by atoms with Crippen LogP contribution in [0.15, 0.2) is 0 Å². The van der Waals surface area contributed by atoms with Crippen molar-refractivity contribution >= 4 is 11.6 Å². The number of hydrogen-bond donors (Lipinski definition) is 1. The van der Waals surface area contributed by atoms with E-state index >= 15 is 0 Å². The summed E-state index contributed by atoms with van der Waals surface area (Å²) in [7, 11) is 0. The van der Waals surface area contributed by atoms with Gasteiger partial charge in [0, 0.05) is 0 Å². The van der Waals surface area contributed by atoms with Gasteiger partial charge in [-0.15, -0.1) is 11.6 Å². The van der Waals surface area contributed by atoms with E-state index in [1.165, 1.54) is 25.7 Å². The van der Waals surface area contributed by atoms with Gasteiger partial charge in [-0.05, 0) is 6.42 Å². The van der Waals surface area contributed by atoms with Crippen molar-refractivity contribution in [3.05, 3.63) is 0 Å². The van der Waals surface area contributed by atoms with Crippen LogP contribution in [0.3, 0.4) is 0 Å². The van der Waals surface area contributed by atoms with Crippen molar-refractivity contribution in [1.29, 1.82) is 0 Å². The second-order valence-corrected chi connectivity index (χ2v) is 3.60. The topological polar surface area (TPSA) is 20.2 Å². The van der Waals surface area contributed by atoms with Gasteiger partial charge in [-0.1, -0.05) is 39.0 Å². The van der Waals surface area contributed by atoms with Crippen molar-refractivity contribution < 1.29 is 5.11 Å². The molecule has 1 unspecified atom stereocenters. The van der Waals surface area contributed by atoms with Crippen LogP contribution in [0.4, 0.5) is 0 Å². The third-order valence-electron chi connectivity index (χ3n) is 1.82. The van der Waals surface area contributed by atoms with Gasteiger partial charge in [-0.25, -0.2) is 0 Å². The molecule has 1 atom stereocenters. The van der Waals surface area contributed by atoms with Crippen LogP contribution in [0.2, 0.25) is 0 Å². The Morgan fingerprint density at radius 3 is 2.36 bits per heavy atom. The largest absolute Gasteiger partial charge is 0.395 e. The zero-order chi connectivity index (χ0) is 8.53. The molecule has 0 amide bonds. The summed E-state index contributed by atoms with van der Waals surface area (Å²) in [6.07, 6.45) is 7.30. The van der Waals surface area contributed by atoms with Crippen LogP contribution in [0.1, 0.15) is 45.4 Å². The van der Waals surface area contributed by atoms with E-state index in [4.69, 9.17) is 16.7 Å². The molecular weight excluding hydrogens is 160 g/mol. The molecule has 0 aromatic rings. The van der Waals surface area contributed by atoms with Crippen molar-refractivity contribution in [2.45, 2.75) is 50.8 Å². The minimum Gasteiger partial charge on any atom is -0.395 e. The summed E-state index contributed by atoms with van der Waals surface area (Å²) in [5.74, 6) is 0. The summed E-state index contributed by atoms with van der Waals surface area (Å²) < 4.78 is 0. The molecule has 0 radical (unpaired) electrons. The second kappa shape index (κ2) is 8.35. The quantitative estimate of drug-likeness (QED) is 0.470. The Kier molecular flexibility index (Phi) is 8.54. The van der Waals surface area contributed by atoms with E-state index < -0.39 is 0 Å². The lowest BCUT2D eigenvalue weighted by Gasteiger charge is -2.04. The molecule has 0 aliphatic carbocycles. The summed E-state index contributed by atoms with van der Waals surface area (Å²) in [5.41, 5.74) is 0. The molecule has 0 rings (SSSR count). The van der Waals surface area contributed by atoms with E-state index in [1.54, 1.807) is 0 Å². The number of aliphatic hydroxyl groups is 1. The van der Waals surface area contributed by atoms with E-state index in [0.717, 1.165) is 12.8 Å². The van der Waals surface area contributed by atoms with Gasteiger partial charge in [0.2, 0.25) is 0 Å². The Morgan fingerprint density at radius 1 is 1.18 bits per heavy atom. The molecule has 0 aliphatic rings. The first kappa shape index (κ1) is 11.2. The van der Waals surface area contributed by atoms with Gasteiger partial charge < -0.3 is 5.11 Å². The average molecular weight is 179 g/mol. The van der Waals surface area contributed by atoms with E-state index in [2.05, 4.69) is 6.92 Å². The molecule has 68 valence electrons. The molecule has 2 heteroatoms. The second-order valence-electron chi connectivity index (χ2n) is 2.98. The monoisotopic (exact) mass is 178 g/mol. The molecule has 0 bridgehead atoms. The molecule has 0 heterocycles. The van der Waals surface area contributed by atoms with E-state index in [1.807, 2.05) is 0 Å². The molecule has 0 spiro atoms. The molecule has 0 fully saturated rings. The number of hydrogen-bond acceptors (Lipinski definition) is 1. The normalized spacial score (nSPS) is 13.4. The first-order valence-electron chi connectivity index (χ1n) is 4.56. The summed E-state index contributed by atoms with van der Waals surface area (Å²) in [6, 6.07) is 0. The van der Waals surface area contributed by atoms with E-state index in [-0.39, 0.29) is 12.0 Å². The smallest absolute Gasteiger partial charge is 0.0595 e. The first-order valence-corrected chi connectivity index (χ1v) is 4.99. The fraction of sp³-hybridized carbons (Fsp3) is 1.00. The van der Waals surface area contributed by atoms with Crippen LogP contribution in [-0.4, -0.2) is 17.1 Å². The van der Waals surface area contributed by atoms with Crippen LogP contribution in [0, 0.1) is 0 Å². The molecule has 0 aliphatic heterocycles. The summed E-state index contributed by atoms with van der Waals surface area (Å²) in [6.45, 7) is 2.33. The lowest BCUT2D eigenvalue weighted by molar-refractivity contribution is 0.286. The van der Waals surface area contributed by atoms with Crippen LogP contribution >= 0.6 is 11.6 Å². The zero-order valence-corrected chi connectivity index (χ0v) is 8.11. The molecule has 0 aromatic carbocycles. The summed E-state index contributed by atoms with van der Waals surface area (Å²) >= 11 is 5.73. The maximum atomic E-state index is 8.61. The number of halogens is 1. The highest BCUT2D eigenvalue weighted by Crippen LogP contribution is 2.10. The summed E-state index contributed by atoms with van der Waals surface area (Å²) in [5, 5.41) is 8.59. The fourth-order valence-electron chi connectivity index (χ4n) is 1.06. The lowest BCUT2D eigenvalue weighted by Crippen LogP contribution is -2.03. The van der Waals surface area contributed by atoms with Crippen molar-refractivity contribution in [3.8, 4) is 0 Å². The number of unbranched alkanes of at least 4 members (excludes halogenated alkanes) is 4.